The molecular weight excluding hydrogens is 1430 g/mol. The topological polar surface area (TPSA) is 19.4 Å². The monoisotopic (exact) mass is 1510 g/mol. The van der Waals surface area contributed by atoms with Crippen LogP contribution in [0.5, 0.6) is 0 Å². The first-order valence-electron chi connectivity index (χ1n) is 22.8. The van der Waals surface area contributed by atoms with Crippen LogP contribution in [0.15, 0.2) is 18.2 Å². The van der Waals surface area contributed by atoms with Crippen LogP contribution in [0, 0.1) is 0 Å². The van der Waals surface area contributed by atoms with Gasteiger partial charge >= 0.3 is 0 Å². The van der Waals surface area contributed by atoms with E-state index >= 15 is 0 Å². The summed E-state index contributed by atoms with van der Waals surface area (Å²) in [5.41, 5.74) is 5.06. The van der Waals surface area contributed by atoms with Gasteiger partial charge in [0.05, 0.1) is 178 Å². The molecule has 12 atom stereocenters. The predicted octanol–water partition coefficient (Wildman–Crippen LogP) is -19.1. The van der Waals surface area contributed by atoms with Gasteiger partial charge in [-0.1, -0.05) is 0 Å². The average molecular weight is 1510 g/mol. The Morgan fingerprint density at radius 1 is 0.317 bits per heavy atom. The van der Waals surface area contributed by atoms with Crippen LogP contribution >= 0.6 is 0 Å². The smallest absolute Gasteiger partial charge is 0.214 e. The number of hydrogen-bond acceptors (Lipinski definition) is 6. The van der Waals surface area contributed by atoms with E-state index in [9.17, 15) is 0 Å². The lowest BCUT2D eigenvalue weighted by atomic mass is 9.98. The molecule has 12 fully saturated rings. The number of nitrogens with zero attached hydrogens (tertiary/aromatic N) is 12. The van der Waals surface area contributed by atoms with Crippen molar-refractivity contribution >= 4 is 0 Å². The van der Waals surface area contributed by atoms with Crippen molar-refractivity contribution in [1.82, 2.24) is 29.4 Å². The Kier molecular flexibility index (Phi) is 15.1. The maximum atomic E-state index is 2.96. The molecule has 60 heavy (non-hydrogen) atoms. The third-order valence-electron chi connectivity index (χ3n) is 19.6. The summed E-state index contributed by atoms with van der Waals surface area (Å²) < 4.78 is 7.87. The minimum atomic E-state index is 0. The minimum absolute atomic E-state index is 0. The van der Waals surface area contributed by atoms with Gasteiger partial charge in [0.1, 0.15) is 19.6 Å². The maximum absolute atomic E-state index is 2.96. The minimum Gasteiger partial charge on any atom is -1.00 e. The van der Waals surface area contributed by atoms with Crippen LogP contribution in [0.4, 0.5) is 0 Å². The van der Waals surface area contributed by atoms with Crippen LogP contribution in [-0.2, 0) is 19.6 Å². The number of benzene rings is 1. The molecule has 12 aliphatic rings. The molecule has 12 saturated heterocycles. The van der Waals surface area contributed by atoms with E-state index in [1.165, 1.54) is 204 Å². The van der Waals surface area contributed by atoms with Gasteiger partial charge in [-0.2, -0.15) is 0 Å². The van der Waals surface area contributed by atoms with Crippen LogP contribution in [-0.4, -0.2) is 272 Å². The summed E-state index contributed by atoms with van der Waals surface area (Å²) >= 11 is 0. The van der Waals surface area contributed by atoms with E-state index in [1.807, 2.05) is 0 Å². The summed E-state index contributed by atoms with van der Waals surface area (Å²) in [7, 11) is 7.83. The molecule has 1 aromatic carbocycles. The van der Waals surface area contributed by atoms with Gasteiger partial charge in [0.15, 0.2) is 0 Å². The molecule has 12 nitrogen and oxygen atoms in total. The zero-order valence-electron chi connectivity index (χ0n) is 36.4. The summed E-state index contributed by atoms with van der Waals surface area (Å²) in [6.45, 7) is 35.6. The lowest BCUT2D eigenvalue weighted by Gasteiger charge is -2.56. The molecule has 0 amide bonds. The third-order valence-corrected chi connectivity index (χ3v) is 19.6. The second kappa shape index (κ2) is 17.8. The van der Waals surface area contributed by atoms with Crippen LogP contribution < -0.4 is 144 Å². The van der Waals surface area contributed by atoms with Crippen molar-refractivity contribution in [3.63, 3.8) is 0 Å². The summed E-state index contributed by atoms with van der Waals surface area (Å²) in [6, 6.07) is 8.39. The van der Waals surface area contributed by atoms with E-state index in [0.717, 1.165) is 0 Å². The highest BCUT2D eigenvalue weighted by Crippen LogP contribution is 2.47. The molecule has 12 heterocycles. The molecular formula is C42H72I6N12. The van der Waals surface area contributed by atoms with Gasteiger partial charge in [0.25, 0.3) is 0 Å². The number of rotatable bonds is 6. The summed E-state index contributed by atoms with van der Waals surface area (Å²) in [5, 5.41) is 0. The van der Waals surface area contributed by atoms with Crippen molar-refractivity contribution in [2.24, 2.45) is 0 Å². The second-order valence-electron chi connectivity index (χ2n) is 22.1. The fourth-order valence-electron chi connectivity index (χ4n) is 16.7. The van der Waals surface area contributed by atoms with Gasteiger partial charge in [0, 0.05) is 16.7 Å². The number of likely N-dealkylation sites (N-methyl/N-ethyl adjacent to an activating group) is 3. The molecule has 0 spiro atoms. The standard InChI is InChI=1S/C42H72N12.6HI/c1-49-16-4-43-10-22-52(25-13-46(7-19-49)40(52)37(43)49)31-34-28-35(32-53-23-11-44-5-17-50(2)20-8-47(14-26-53)41(53)38(44)50)30-36(29-34)33-54-24-12-45-6-18-51(3)21-9-48(15-27-54)42(54)39(45)51;;;;;;/h28-30,37-42H,4-27,31-33H2,1-3H3;6*1H/q+6;;;;;;/p-6. The Morgan fingerprint density at radius 2 is 0.500 bits per heavy atom. The highest BCUT2D eigenvalue weighted by atomic mass is 127. The van der Waals surface area contributed by atoms with E-state index in [1.54, 1.807) is 16.7 Å². The first-order valence-corrected chi connectivity index (χ1v) is 22.8. The van der Waals surface area contributed by atoms with Gasteiger partial charge in [-0.05, 0) is 18.2 Å². The van der Waals surface area contributed by atoms with Gasteiger partial charge in [-0.3, -0.25) is 13.4 Å². The number of piperazine rings is 6. The van der Waals surface area contributed by atoms with E-state index in [-0.39, 0.29) is 144 Å². The largest absolute Gasteiger partial charge is 1.00 e. The van der Waals surface area contributed by atoms with Crippen LogP contribution in [0.3, 0.4) is 0 Å². The highest BCUT2D eigenvalue weighted by molar-refractivity contribution is 5.30. The number of hydrogen-bond donors (Lipinski definition) is 0. The Hall–Kier alpha value is 3.12. The molecule has 0 aliphatic carbocycles. The molecule has 18 heteroatoms. The second-order valence-corrected chi connectivity index (χ2v) is 22.1. The Bertz CT molecular complexity index is 1560. The lowest BCUT2D eigenvalue weighted by Crippen LogP contribution is -3.00. The van der Waals surface area contributed by atoms with Crippen molar-refractivity contribution in [2.75, 3.05) is 178 Å². The fourth-order valence-corrected chi connectivity index (χ4v) is 16.7. The predicted molar refractivity (Wildman–Crippen MR) is 207 cm³/mol. The zero-order chi connectivity index (χ0) is 35.9. The summed E-state index contributed by atoms with van der Waals surface area (Å²) in [5.74, 6) is 0. The molecule has 12 unspecified atom stereocenters. The van der Waals surface area contributed by atoms with E-state index in [2.05, 4.69) is 68.7 Å². The fraction of sp³-hybridized carbons (Fsp3) is 0.857. The average Bonchev–Trinajstić information content (AvgIpc) is 4.00. The highest BCUT2D eigenvalue weighted by Gasteiger charge is 2.69. The van der Waals surface area contributed by atoms with Gasteiger partial charge in [0.2, 0.25) is 37.0 Å². The third kappa shape index (κ3) is 7.29. The van der Waals surface area contributed by atoms with Crippen molar-refractivity contribution in [2.45, 2.75) is 56.6 Å². The molecule has 342 valence electrons. The Morgan fingerprint density at radius 3 is 0.717 bits per heavy atom. The molecule has 0 saturated carbocycles. The Labute approximate surface area is 464 Å². The SMILES string of the molecule is C[N+]12CCN3CC[N+]4(Cc5cc(C[N+]67CCN8CC[N+]9(C)CCN(CC6)C7C89)cc(C[N+]67CCN8CC[N+]9(C)CCN(CC6)C7C89)c5)CCN(CC1)C4C32.[I-].[I-].[I-].[I-].[I-].[I-]. The van der Waals surface area contributed by atoms with Crippen LogP contribution in [0.2, 0.25) is 0 Å². The molecule has 13 rings (SSSR count). The molecule has 0 aromatic heterocycles. The molecule has 0 bridgehead atoms. The number of halogens is 6. The van der Waals surface area contributed by atoms with E-state index in [4.69, 9.17) is 0 Å². The molecule has 12 aliphatic heterocycles. The lowest BCUT2D eigenvalue weighted by molar-refractivity contribution is -1.03. The van der Waals surface area contributed by atoms with E-state index in [0.29, 0.717) is 37.0 Å². The zero-order valence-corrected chi connectivity index (χ0v) is 49.4. The summed E-state index contributed by atoms with van der Waals surface area (Å²) in [6.07, 6.45) is 4.12. The maximum Gasteiger partial charge on any atom is 0.214 e. The Balaban J connectivity index is 0.000000907. The van der Waals surface area contributed by atoms with Gasteiger partial charge in [-0.15, -0.1) is 0 Å². The van der Waals surface area contributed by atoms with Crippen LogP contribution in [0.25, 0.3) is 0 Å². The first kappa shape index (κ1) is 51.0. The normalized spacial score (nSPS) is 47.0. The molecule has 0 radical (unpaired) electrons. The van der Waals surface area contributed by atoms with Crippen molar-refractivity contribution in [3.8, 4) is 0 Å². The van der Waals surface area contributed by atoms with Gasteiger partial charge in [-0.25, -0.2) is 29.4 Å². The quantitative estimate of drug-likeness (QED) is 0.207. The number of quaternary nitrogens is 6. The van der Waals surface area contributed by atoms with Crippen molar-refractivity contribution in [3.05, 3.63) is 34.9 Å². The molecule has 1 aromatic rings. The first-order chi connectivity index (χ1) is 26.1. The van der Waals surface area contributed by atoms with Crippen molar-refractivity contribution in [1.29, 1.82) is 0 Å². The van der Waals surface area contributed by atoms with Gasteiger partial charge < -0.3 is 157 Å². The molecule has 0 N–H and O–H groups in total. The van der Waals surface area contributed by atoms with Crippen LogP contribution in [0.1, 0.15) is 16.7 Å². The van der Waals surface area contributed by atoms with E-state index < -0.39 is 0 Å². The van der Waals surface area contributed by atoms with Crippen molar-refractivity contribution < 1.29 is 171 Å². The summed E-state index contributed by atoms with van der Waals surface area (Å²) in [4.78, 5) is 17.6.